The summed E-state index contributed by atoms with van der Waals surface area (Å²) in [7, 11) is 0. The molecule has 13 rings (SSSR count). The van der Waals surface area contributed by atoms with Crippen LogP contribution in [0.2, 0.25) is 0 Å². The van der Waals surface area contributed by atoms with Crippen LogP contribution >= 0.6 is 0 Å². The molecule has 0 atom stereocenters. The van der Waals surface area contributed by atoms with Crippen molar-refractivity contribution in [3.8, 4) is 51.0 Å². The molecule has 3 heterocycles. The lowest BCUT2D eigenvalue weighted by Gasteiger charge is -2.18. The molecule has 0 amide bonds. The Balaban J connectivity index is 1.19. The molecule has 0 saturated heterocycles. The van der Waals surface area contributed by atoms with Crippen LogP contribution in [0.5, 0.6) is 0 Å². The van der Waals surface area contributed by atoms with Gasteiger partial charge in [0.15, 0.2) is 17.5 Å². The Morgan fingerprint density at radius 3 is 1.55 bits per heavy atom. The van der Waals surface area contributed by atoms with Crippen LogP contribution in [0.1, 0.15) is 0 Å². The second-order valence-electron chi connectivity index (χ2n) is 15.9. The van der Waals surface area contributed by atoms with Gasteiger partial charge in [0.2, 0.25) is 0 Å². The average Bonchev–Trinajstić information content (AvgIpc) is 3.90. The van der Waals surface area contributed by atoms with Crippen molar-refractivity contribution in [3.05, 3.63) is 206 Å². The molecule has 0 N–H and O–H groups in total. The number of nitrogens with zero attached hydrogens (tertiary/aromatic N) is 4. The molecule has 0 aliphatic rings. The molecular formula is C57H34N4O. The third-order valence-corrected chi connectivity index (χ3v) is 12.4. The maximum Gasteiger partial charge on any atom is 0.167 e. The topological polar surface area (TPSA) is 56.7 Å². The first-order valence-electron chi connectivity index (χ1n) is 20.9. The van der Waals surface area contributed by atoms with Crippen molar-refractivity contribution in [2.24, 2.45) is 0 Å². The number of rotatable bonds is 5. The highest BCUT2D eigenvalue weighted by Gasteiger charge is 2.24. The summed E-state index contributed by atoms with van der Waals surface area (Å²) in [6.45, 7) is 0. The Bertz CT molecular complexity index is 3920. The van der Waals surface area contributed by atoms with E-state index in [1.807, 2.05) is 36.4 Å². The van der Waals surface area contributed by atoms with Gasteiger partial charge in [-0.2, -0.15) is 0 Å². The van der Waals surface area contributed by atoms with E-state index in [2.05, 4.69) is 174 Å². The fourth-order valence-corrected chi connectivity index (χ4v) is 9.70. The van der Waals surface area contributed by atoms with Gasteiger partial charge in [-0.1, -0.05) is 170 Å². The van der Waals surface area contributed by atoms with E-state index >= 15 is 0 Å². The van der Waals surface area contributed by atoms with Gasteiger partial charge in [0, 0.05) is 32.7 Å². The van der Waals surface area contributed by atoms with Crippen LogP contribution in [0.4, 0.5) is 0 Å². The van der Waals surface area contributed by atoms with Gasteiger partial charge >= 0.3 is 0 Å². The molecule has 0 aliphatic heterocycles. The van der Waals surface area contributed by atoms with Gasteiger partial charge < -0.3 is 8.98 Å². The molecule has 0 radical (unpaired) electrons. The van der Waals surface area contributed by atoms with Crippen LogP contribution in [0.15, 0.2) is 211 Å². The van der Waals surface area contributed by atoms with Gasteiger partial charge in [-0.15, -0.1) is 0 Å². The van der Waals surface area contributed by atoms with Gasteiger partial charge in [0.05, 0.1) is 22.3 Å². The zero-order valence-electron chi connectivity index (χ0n) is 33.3. The van der Waals surface area contributed by atoms with Gasteiger partial charge in [0.1, 0.15) is 11.2 Å². The van der Waals surface area contributed by atoms with E-state index < -0.39 is 0 Å². The molecule has 0 bridgehead atoms. The second-order valence-corrected chi connectivity index (χ2v) is 15.9. The molecule has 0 aliphatic carbocycles. The zero-order chi connectivity index (χ0) is 40.7. The maximum atomic E-state index is 6.60. The lowest BCUT2D eigenvalue weighted by atomic mass is 9.92. The molecule has 288 valence electrons. The molecule has 13 aromatic rings. The third kappa shape index (κ3) is 5.18. The highest BCUT2D eigenvalue weighted by Crippen LogP contribution is 2.45. The van der Waals surface area contributed by atoms with Crippen molar-refractivity contribution in [2.45, 2.75) is 0 Å². The van der Waals surface area contributed by atoms with E-state index in [9.17, 15) is 0 Å². The van der Waals surface area contributed by atoms with Crippen molar-refractivity contribution in [2.75, 3.05) is 0 Å². The molecule has 5 nitrogen and oxygen atoms in total. The normalized spacial score (nSPS) is 11.9. The first-order valence-corrected chi connectivity index (χ1v) is 20.9. The minimum atomic E-state index is 0.543. The summed E-state index contributed by atoms with van der Waals surface area (Å²) < 4.78 is 9.02. The van der Waals surface area contributed by atoms with Crippen LogP contribution < -0.4 is 0 Å². The van der Waals surface area contributed by atoms with Gasteiger partial charge in [-0.25, -0.2) is 15.0 Å². The molecule has 62 heavy (non-hydrogen) atoms. The van der Waals surface area contributed by atoms with Crippen molar-refractivity contribution >= 4 is 76.1 Å². The number of fused-ring (bicyclic) bond motifs is 12. The smallest absolute Gasteiger partial charge is 0.167 e. The SMILES string of the molecule is c1ccc(-c2nc(-c3cc4c5ccccc5c5ccccc5c4cc3-n3c4ccccc4c4c(-c5ccccc5)cccc43)nc(-c3cccc4c3oc3ccccc34)n2)cc1. The lowest BCUT2D eigenvalue weighted by molar-refractivity contribution is 0.669. The Morgan fingerprint density at radius 2 is 0.823 bits per heavy atom. The number of aromatic nitrogens is 4. The van der Waals surface area contributed by atoms with Crippen molar-refractivity contribution < 1.29 is 4.42 Å². The third-order valence-electron chi connectivity index (χ3n) is 12.4. The lowest BCUT2D eigenvalue weighted by Crippen LogP contribution is -2.04. The fraction of sp³-hybridized carbons (Fsp3) is 0. The van der Waals surface area contributed by atoms with Crippen LogP contribution in [-0.4, -0.2) is 19.5 Å². The molecule has 3 aromatic heterocycles. The summed E-state index contributed by atoms with van der Waals surface area (Å²) in [6.07, 6.45) is 0. The second kappa shape index (κ2) is 13.6. The maximum absolute atomic E-state index is 6.60. The van der Waals surface area contributed by atoms with E-state index in [0.717, 1.165) is 66.1 Å². The number of benzene rings is 10. The van der Waals surface area contributed by atoms with Crippen molar-refractivity contribution in [1.29, 1.82) is 0 Å². The summed E-state index contributed by atoms with van der Waals surface area (Å²) in [4.78, 5) is 16.1. The Labute approximate surface area is 355 Å². The van der Waals surface area contributed by atoms with E-state index in [-0.39, 0.29) is 0 Å². The predicted octanol–water partition coefficient (Wildman–Crippen LogP) is 15.0. The molecule has 10 aromatic carbocycles. The molecular weight excluding hydrogens is 757 g/mol. The number of hydrogen-bond acceptors (Lipinski definition) is 4. The molecule has 0 fully saturated rings. The van der Waals surface area contributed by atoms with Crippen LogP contribution in [0, 0.1) is 0 Å². The monoisotopic (exact) mass is 790 g/mol. The number of hydrogen-bond donors (Lipinski definition) is 0. The van der Waals surface area contributed by atoms with E-state index in [0.29, 0.717) is 17.5 Å². The standard InChI is InChI=1S/C57H34N4O/c1-3-17-35(18-4-1)37-27-16-31-50-53(37)44-26-11-13-30-49(44)61(50)51-34-47-41-24-10-8-22-39(41)38-21-7-9-23-40(38)46(47)33-48(51)57-59-55(36-19-5-2-6-20-36)58-56(60-57)45-29-15-28-43-42-25-12-14-32-52(42)62-54(43)45/h1-34H. The largest absolute Gasteiger partial charge is 0.455 e. The average molecular weight is 791 g/mol. The summed E-state index contributed by atoms with van der Waals surface area (Å²) in [5.74, 6) is 1.70. The summed E-state index contributed by atoms with van der Waals surface area (Å²) in [6, 6.07) is 72.8. The Morgan fingerprint density at radius 1 is 0.323 bits per heavy atom. The number of para-hydroxylation sites is 3. The fourth-order valence-electron chi connectivity index (χ4n) is 9.70. The summed E-state index contributed by atoms with van der Waals surface area (Å²) in [5.41, 5.74) is 9.71. The molecule has 0 spiro atoms. The highest BCUT2D eigenvalue weighted by molar-refractivity contribution is 6.26. The summed E-state index contributed by atoms with van der Waals surface area (Å²) in [5, 5.41) is 11.5. The van der Waals surface area contributed by atoms with Gasteiger partial charge in [-0.05, 0) is 79.8 Å². The van der Waals surface area contributed by atoms with Crippen molar-refractivity contribution in [3.63, 3.8) is 0 Å². The molecule has 5 heteroatoms. The summed E-state index contributed by atoms with van der Waals surface area (Å²) >= 11 is 0. The minimum Gasteiger partial charge on any atom is -0.455 e. The first-order chi connectivity index (χ1) is 30.8. The minimum absolute atomic E-state index is 0.543. The van der Waals surface area contributed by atoms with E-state index in [1.54, 1.807) is 0 Å². The highest BCUT2D eigenvalue weighted by atomic mass is 16.3. The predicted molar refractivity (Wildman–Crippen MR) is 256 cm³/mol. The van der Waals surface area contributed by atoms with E-state index in [1.165, 1.54) is 43.4 Å². The van der Waals surface area contributed by atoms with Crippen LogP contribution in [0.3, 0.4) is 0 Å². The van der Waals surface area contributed by atoms with E-state index in [4.69, 9.17) is 19.4 Å². The van der Waals surface area contributed by atoms with Crippen molar-refractivity contribution in [1.82, 2.24) is 19.5 Å². The van der Waals surface area contributed by atoms with Gasteiger partial charge in [0.25, 0.3) is 0 Å². The zero-order valence-corrected chi connectivity index (χ0v) is 33.3. The molecule has 0 saturated carbocycles. The Hall–Kier alpha value is -8.41. The molecule has 0 unspecified atom stereocenters. The van der Waals surface area contributed by atoms with Gasteiger partial charge in [-0.3, -0.25) is 0 Å². The quantitative estimate of drug-likeness (QED) is 0.163. The Kier molecular flexibility index (Phi) is 7.54. The number of furan rings is 1. The van der Waals surface area contributed by atoms with Crippen LogP contribution in [0.25, 0.3) is 127 Å². The first kappa shape index (κ1) is 34.5. The van der Waals surface area contributed by atoms with Crippen LogP contribution in [-0.2, 0) is 0 Å².